The Hall–Kier alpha value is -3.02. The van der Waals surface area contributed by atoms with Gasteiger partial charge in [-0.15, -0.1) is 0 Å². The molecule has 2 aromatic rings. The van der Waals surface area contributed by atoms with Crippen LogP contribution in [0.5, 0.6) is 11.5 Å². The van der Waals surface area contributed by atoms with E-state index in [0.29, 0.717) is 16.9 Å². The summed E-state index contributed by atoms with van der Waals surface area (Å²) in [6, 6.07) is 12.4. The third kappa shape index (κ3) is 4.09. The Bertz CT molecular complexity index is 766. The van der Waals surface area contributed by atoms with Gasteiger partial charge in [-0.2, -0.15) is 5.10 Å². The average molecular weight is 339 g/mol. The number of anilines is 1. The minimum atomic E-state index is -0.276. The second-order valence-corrected chi connectivity index (χ2v) is 5.87. The molecule has 0 aliphatic carbocycles. The van der Waals surface area contributed by atoms with Crippen LogP contribution in [0.15, 0.2) is 47.6 Å². The van der Waals surface area contributed by atoms with E-state index >= 15 is 0 Å². The molecule has 25 heavy (non-hydrogen) atoms. The number of aromatic hydroxyl groups is 1. The Labute approximate surface area is 146 Å². The summed E-state index contributed by atoms with van der Waals surface area (Å²) >= 11 is 0. The van der Waals surface area contributed by atoms with Crippen molar-refractivity contribution in [2.75, 3.05) is 25.1 Å². The van der Waals surface area contributed by atoms with Crippen LogP contribution >= 0.6 is 0 Å². The number of methoxy groups -OCH3 is 1. The molecule has 1 heterocycles. The van der Waals surface area contributed by atoms with E-state index < -0.39 is 0 Å². The predicted molar refractivity (Wildman–Crippen MR) is 97.6 cm³/mol. The van der Waals surface area contributed by atoms with Gasteiger partial charge in [-0.05, 0) is 60.9 Å². The summed E-state index contributed by atoms with van der Waals surface area (Å²) in [6.45, 7) is 2.15. The quantitative estimate of drug-likeness (QED) is 0.649. The maximum atomic E-state index is 12.1. The van der Waals surface area contributed by atoms with E-state index in [4.69, 9.17) is 4.74 Å². The van der Waals surface area contributed by atoms with Gasteiger partial charge < -0.3 is 14.7 Å². The van der Waals surface area contributed by atoms with Crippen molar-refractivity contribution in [1.82, 2.24) is 5.43 Å². The Morgan fingerprint density at radius 1 is 1.20 bits per heavy atom. The highest BCUT2D eigenvalue weighted by Gasteiger charge is 2.12. The maximum Gasteiger partial charge on any atom is 0.271 e. The Morgan fingerprint density at radius 3 is 2.56 bits per heavy atom. The predicted octanol–water partition coefficient (Wildman–Crippen LogP) is 2.76. The standard InChI is InChI=1S/C19H21N3O3/c1-25-18-9-4-14(12-17(18)23)13-20-21-19(24)15-5-7-16(8-6-15)22-10-2-3-11-22/h4-9,12-13,23H,2-3,10-11H2,1H3,(H,21,24)/b20-13-. The van der Waals surface area contributed by atoms with Gasteiger partial charge in [-0.25, -0.2) is 5.43 Å². The van der Waals surface area contributed by atoms with Crippen molar-refractivity contribution in [2.24, 2.45) is 5.10 Å². The number of ether oxygens (including phenoxy) is 1. The van der Waals surface area contributed by atoms with E-state index in [9.17, 15) is 9.90 Å². The van der Waals surface area contributed by atoms with E-state index in [0.717, 1.165) is 18.8 Å². The number of hydrogen-bond donors (Lipinski definition) is 2. The lowest BCUT2D eigenvalue weighted by Gasteiger charge is -2.17. The van der Waals surface area contributed by atoms with Gasteiger partial charge in [-0.3, -0.25) is 4.79 Å². The summed E-state index contributed by atoms with van der Waals surface area (Å²) in [5.41, 5.74) is 4.84. The first-order valence-corrected chi connectivity index (χ1v) is 8.23. The number of rotatable bonds is 5. The zero-order valence-electron chi connectivity index (χ0n) is 14.1. The van der Waals surface area contributed by atoms with Gasteiger partial charge in [0.05, 0.1) is 13.3 Å². The van der Waals surface area contributed by atoms with Crippen LogP contribution in [0, 0.1) is 0 Å². The molecule has 0 saturated carbocycles. The first-order valence-electron chi connectivity index (χ1n) is 8.23. The van der Waals surface area contributed by atoms with Crippen molar-refractivity contribution < 1.29 is 14.6 Å². The van der Waals surface area contributed by atoms with E-state index in [1.54, 1.807) is 24.3 Å². The Kier molecular flexibility index (Phi) is 5.18. The van der Waals surface area contributed by atoms with Crippen LogP contribution < -0.4 is 15.1 Å². The lowest BCUT2D eigenvalue weighted by Crippen LogP contribution is -2.19. The van der Waals surface area contributed by atoms with Gasteiger partial charge in [0, 0.05) is 24.3 Å². The zero-order valence-corrected chi connectivity index (χ0v) is 14.1. The molecule has 6 nitrogen and oxygen atoms in total. The number of carbonyl (C=O) groups is 1. The van der Waals surface area contributed by atoms with Crippen molar-refractivity contribution in [3.8, 4) is 11.5 Å². The molecular formula is C19H21N3O3. The van der Waals surface area contributed by atoms with Crippen LogP contribution in [-0.2, 0) is 0 Å². The largest absolute Gasteiger partial charge is 0.504 e. The molecule has 0 bridgehead atoms. The molecule has 1 aliphatic rings. The van der Waals surface area contributed by atoms with E-state index in [-0.39, 0.29) is 11.7 Å². The second-order valence-electron chi connectivity index (χ2n) is 5.87. The molecule has 2 aromatic carbocycles. The van der Waals surface area contributed by atoms with Crippen molar-refractivity contribution in [2.45, 2.75) is 12.8 Å². The van der Waals surface area contributed by atoms with Gasteiger partial charge in [0.25, 0.3) is 5.91 Å². The van der Waals surface area contributed by atoms with Gasteiger partial charge >= 0.3 is 0 Å². The fraction of sp³-hybridized carbons (Fsp3) is 0.263. The summed E-state index contributed by atoms with van der Waals surface area (Å²) in [6.07, 6.45) is 3.91. The number of nitrogens with one attached hydrogen (secondary N) is 1. The third-order valence-electron chi connectivity index (χ3n) is 4.18. The molecule has 3 rings (SSSR count). The molecule has 0 aromatic heterocycles. The summed E-state index contributed by atoms with van der Waals surface area (Å²) in [5, 5.41) is 13.6. The Morgan fingerprint density at radius 2 is 1.92 bits per heavy atom. The second kappa shape index (κ2) is 7.70. The van der Waals surface area contributed by atoms with Crippen molar-refractivity contribution >= 4 is 17.8 Å². The first-order chi connectivity index (χ1) is 12.2. The molecule has 1 aliphatic heterocycles. The van der Waals surface area contributed by atoms with Crippen LogP contribution in [0.2, 0.25) is 0 Å². The lowest BCUT2D eigenvalue weighted by molar-refractivity contribution is 0.0955. The number of nitrogens with zero attached hydrogens (tertiary/aromatic N) is 2. The highest BCUT2D eigenvalue weighted by atomic mass is 16.5. The number of phenolic OH excluding ortho intramolecular Hbond substituents is 1. The van der Waals surface area contributed by atoms with Crippen LogP contribution in [0.1, 0.15) is 28.8 Å². The van der Waals surface area contributed by atoms with E-state index in [1.807, 2.05) is 12.1 Å². The highest BCUT2D eigenvalue weighted by Crippen LogP contribution is 2.25. The number of amides is 1. The fourth-order valence-corrected chi connectivity index (χ4v) is 2.82. The minimum Gasteiger partial charge on any atom is -0.504 e. The highest BCUT2D eigenvalue weighted by molar-refractivity contribution is 5.95. The van der Waals surface area contributed by atoms with Crippen molar-refractivity contribution in [3.05, 3.63) is 53.6 Å². The number of carbonyl (C=O) groups excluding carboxylic acids is 1. The average Bonchev–Trinajstić information content (AvgIpc) is 3.16. The number of hydrazone groups is 1. The third-order valence-corrected chi connectivity index (χ3v) is 4.18. The molecule has 0 unspecified atom stereocenters. The summed E-state index contributed by atoms with van der Waals surface area (Å²) < 4.78 is 4.98. The smallest absolute Gasteiger partial charge is 0.271 e. The zero-order chi connectivity index (χ0) is 17.6. The summed E-state index contributed by atoms with van der Waals surface area (Å²) in [4.78, 5) is 14.4. The van der Waals surface area contributed by atoms with Gasteiger partial charge in [-0.1, -0.05) is 0 Å². The molecule has 1 fully saturated rings. The molecule has 2 N–H and O–H groups in total. The molecule has 0 atom stereocenters. The normalized spacial score (nSPS) is 14.0. The van der Waals surface area contributed by atoms with Crippen LogP contribution in [0.3, 0.4) is 0 Å². The number of benzene rings is 2. The minimum absolute atomic E-state index is 0.0234. The maximum absolute atomic E-state index is 12.1. The van der Waals surface area contributed by atoms with Gasteiger partial charge in [0.15, 0.2) is 11.5 Å². The van der Waals surface area contributed by atoms with Crippen LogP contribution in [-0.4, -0.2) is 37.4 Å². The van der Waals surface area contributed by atoms with Crippen molar-refractivity contribution in [1.29, 1.82) is 0 Å². The van der Waals surface area contributed by atoms with Gasteiger partial charge in [0.1, 0.15) is 0 Å². The number of phenols is 1. The first kappa shape index (κ1) is 16.8. The lowest BCUT2D eigenvalue weighted by atomic mass is 10.2. The van der Waals surface area contributed by atoms with Crippen LogP contribution in [0.4, 0.5) is 5.69 Å². The summed E-state index contributed by atoms with van der Waals surface area (Å²) in [7, 11) is 1.48. The van der Waals surface area contributed by atoms with Gasteiger partial charge in [0.2, 0.25) is 0 Å². The molecule has 0 spiro atoms. The number of hydrogen-bond acceptors (Lipinski definition) is 5. The fourth-order valence-electron chi connectivity index (χ4n) is 2.82. The monoisotopic (exact) mass is 339 g/mol. The van der Waals surface area contributed by atoms with Crippen LogP contribution in [0.25, 0.3) is 0 Å². The Balaban J connectivity index is 1.59. The topological polar surface area (TPSA) is 74.2 Å². The molecule has 130 valence electrons. The SMILES string of the molecule is COc1ccc(/C=N\NC(=O)c2ccc(N3CCCC3)cc2)cc1O. The molecular weight excluding hydrogens is 318 g/mol. The molecule has 1 saturated heterocycles. The van der Waals surface area contributed by atoms with Crippen molar-refractivity contribution in [3.63, 3.8) is 0 Å². The molecule has 6 heteroatoms. The summed E-state index contributed by atoms with van der Waals surface area (Å²) in [5.74, 6) is 0.136. The molecule has 0 radical (unpaired) electrons. The van der Waals surface area contributed by atoms with E-state index in [1.165, 1.54) is 32.2 Å². The van der Waals surface area contributed by atoms with E-state index in [2.05, 4.69) is 15.4 Å². The molecule has 1 amide bonds.